The molecule has 0 bridgehead atoms. The number of aromatic nitrogens is 2. The summed E-state index contributed by atoms with van der Waals surface area (Å²) in [6, 6.07) is 11.6. The number of rotatable bonds is 19. The zero-order valence-corrected chi connectivity index (χ0v) is 20.5. The summed E-state index contributed by atoms with van der Waals surface area (Å²) in [7, 11) is 0. The molecule has 0 spiro atoms. The monoisotopic (exact) mass is 424 g/mol. The van der Waals surface area contributed by atoms with E-state index in [4.69, 9.17) is 0 Å². The summed E-state index contributed by atoms with van der Waals surface area (Å²) in [5.41, 5.74) is 1.47. The van der Waals surface area contributed by atoms with Gasteiger partial charge in [0, 0.05) is 18.4 Å². The molecule has 2 heteroatoms. The Morgan fingerprint density at radius 1 is 0.710 bits per heavy atom. The van der Waals surface area contributed by atoms with E-state index in [0.29, 0.717) is 12.0 Å². The number of hydrogen-bond donors (Lipinski definition) is 0. The van der Waals surface area contributed by atoms with Gasteiger partial charge in [0.1, 0.15) is 0 Å². The van der Waals surface area contributed by atoms with Crippen LogP contribution in [0.1, 0.15) is 122 Å². The smallest absolute Gasteiger partial charge is 0.0948 e. The van der Waals surface area contributed by atoms with E-state index >= 15 is 0 Å². The van der Waals surface area contributed by atoms with Gasteiger partial charge in [-0.2, -0.15) is 0 Å². The molecular weight excluding hydrogens is 376 g/mol. The fraction of sp³-hybridized carbons (Fsp3) is 0.690. The minimum atomic E-state index is 0.575. The highest BCUT2D eigenvalue weighted by Gasteiger charge is 2.22. The van der Waals surface area contributed by atoms with Crippen molar-refractivity contribution in [3.05, 3.63) is 54.6 Å². The highest BCUT2D eigenvalue weighted by atomic mass is 15.1. The number of unbranched alkanes of at least 4 members (excludes halogenated alkanes) is 11. The van der Waals surface area contributed by atoms with Crippen molar-refractivity contribution in [2.24, 2.45) is 5.92 Å². The molecule has 1 aromatic carbocycles. The molecular formula is C29H48N2. The standard InChI is InChI=1S/C29H48N2/c1-3-5-6-7-8-9-10-11-12-13-14-18-22-29(31-24-23-30-26-31)28(19-4-2)25-27-20-16-15-17-21-27/h15-17,20-21,23-24,26,28-29H,3-14,18-19,22,25H2,1-2H3. The van der Waals surface area contributed by atoms with Crippen molar-refractivity contribution in [3.8, 4) is 0 Å². The lowest BCUT2D eigenvalue weighted by Crippen LogP contribution is -2.21. The summed E-state index contributed by atoms with van der Waals surface area (Å²) in [5.74, 6) is 0.689. The Labute approximate surface area is 192 Å². The topological polar surface area (TPSA) is 17.8 Å². The highest BCUT2D eigenvalue weighted by molar-refractivity contribution is 5.15. The molecule has 2 nitrogen and oxygen atoms in total. The SMILES string of the molecule is CCCCCCCCCCCCCCC(C(CCC)Cc1ccccc1)n1ccnc1. The first-order valence-electron chi connectivity index (χ1n) is 13.4. The van der Waals surface area contributed by atoms with Crippen LogP contribution in [0.3, 0.4) is 0 Å². The van der Waals surface area contributed by atoms with E-state index < -0.39 is 0 Å². The third-order valence-corrected chi connectivity index (χ3v) is 6.81. The minimum Gasteiger partial charge on any atom is -0.334 e. The summed E-state index contributed by atoms with van der Waals surface area (Å²) >= 11 is 0. The molecule has 2 atom stereocenters. The molecule has 174 valence electrons. The molecule has 0 amide bonds. The zero-order chi connectivity index (χ0) is 22.0. The van der Waals surface area contributed by atoms with Gasteiger partial charge in [0.2, 0.25) is 0 Å². The number of imidazole rings is 1. The van der Waals surface area contributed by atoms with Crippen LogP contribution >= 0.6 is 0 Å². The average molecular weight is 425 g/mol. The second-order valence-corrected chi connectivity index (χ2v) is 9.49. The maximum atomic E-state index is 4.37. The van der Waals surface area contributed by atoms with Gasteiger partial charge in [0.15, 0.2) is 0 Å². The summed E-state index contributed by atoms with van der Waals surface area (Å²) in [6.07, 6.45) is 28.2. The van der Waals surface area contributed by atoms with E-state index in [0.717, 1.165) is 0 Å². The van der Waals surface area contributed by atoms with Crippen LogP contribution in [-0.4, -0.2) is 9.55 Å². The van der Waals surface area contributed by atoms with Crippen molar-refractivity contribution >= 4 is 0 Å². The van der Waals surface area contributed by atoms with Crippen LogP contribution in [0.2, 0.25) is 0 Å². The molecule has 2 unspecified atom stereocenters. The van der Waals surface area contributed by atoms with E-state index in [1.807, 2.05) is 12.5 Å². The van der Waals surface area contributed by atoms with Crippen molar-refractivity contribution in [2.45, 2.75) is 123 Å². The number of hydrogen-bond acceptors (Lipinski definition) is 1. The van der Waals surface area contributed by atoms with Gasteiger partial charge in [-0.05, 0) is 30.7 Å². The Balaban J connectivity index is 1.70. The molecule has 1 heterocycles. The first-order valence-corrected chi connectivity index (χ1v) is 13.4. The molecule has 0 aliphatic heterocycles. The summed E-state index contributed by atoms with van der Waals surface area (Å²) in [6.45, 7) is 4.62. The fourth-order valence-electron chi connectivity index (χ4n) is 5.01. The Bertz CT molecular complexity index is 619. The van der Waals surface area contributed by atoms with E-state index in [2.05, 4.69) is 59.9 Å². The molecule has 0 radical (unpaired) electrons. The molecule has 1 aromatic heterocycles. The maximum Gasteiger partial charge on any atom is 0.0948 e. The van der Waals surface area contributed by atoms with Crippen molar-refractivity contribution in [3.63, 3.8) is 0 Å². The van der Waals surface area contributed by atoms with Crippen molar-refractivity contribution in [1.82, 2.24) is 9.55 Å². The van der Waals surface area contributed by atoms with Crippen LogP contribution in [0.5, 0.6) is 0 Å². The highest BCUT2D eigenvalue weighted by Crippen LogP contribution is 2.31. The number of nitrogens with zero attached hydrogens (tertiary/aromatic N) is 2. The van der Waals surface area contributed by atoms with Crippen molar-refractivity contribution in [1.29, 1.82) is 0 Å². The van der Waals surface area contributed by atoms with Gasteiger partial charge in [0.05, 0.1) is 6.33 Å². The lowest BCUT2D eigenvalue weighted by Gasteiger charge is -2.28. The lowest BCUT2D eigenvalue weighted by molar-refractivity contribution is 0.280. The molecule has 2 rings (SSSR count). The predicted molar refractivity (Wildman–Crippen MR) is 136 cm³/mol. The van der Waals surface area contributed by atoms with E-state index in [1.54, 1.807) is 0 Å². The zero-order valence-electron chi connectivity index (χ0n) is 20.5. The lowest BCUT2D eigenvalue weighted by atomic mass is 9.85. The Morgan fingerprint density at radius 2 is 1.32 bits per heavy atom. The number of benzene rings is 1. The Hall–Kier alpha value is -1.57. The molecule has 31 heavy (non-hydrogen) atoms. The van der Waals surface area contributed by atoms with Crippen LogP contribution in [0, 0.1) is 5.92 Å². The first kappa shape index (κ1) is 25.7. The van der Waals surface area contributed by atoms with Crippen molar-refractivity contribution < 1.29 is 0 Å². The van der Waals surface area contributed by atoms with E-state index in [-0.39, 0.29) is 0 Å². The largest absolute Gasteiger partial charge is 0.334 e. The third kappa shape index (κ3) is 11.0. The molecule has 0 saturated heterocycles. The van der Waals surface area contributed by atoms with Gasteiger partial charge in [-0.3, -0.25) is 0 Å². The molecule has 0 saturated carbocycles. The van der Waals surface area contributed by atoms with Crippen molar-refractivity contribution in [2.75, 3.05) is 0 Å². The minimum absolute atomic E-state index is 0.575. The van der Waals surface area contributed by atoms with Crippen LogP contribution in [0.25, 0.3) is 0 Å². The third-order valence-electron chi connectivity index (χ3n) is 6.81. The Kier molecular flexibility index (Phi) is 14.1. The first-order chi connectivity index (χ1) is 15.3. The maximum absolute atomic E-state index is 4.37. The van der Waals surface area contributed by atoms with Gasteiger partial charge < -0.3 is 4.57 Å². The molecule has 0 aliphatic rings. The molecule has 0 fully saturated rings. The van der Waals surface area contributed by atoms with E-state index in [9.17, 15) is 0 Å². The Morgan fingerprint density at radius 3 is 1.87 bits per heavy atom. The fourth-order valence-corrected chi connectivity index (χ4v) is 5.01. The summed E-state index contributed by atoms with van der Waals surface area (Å²) < 4.78 is 2.39. The summed E-state index contributed by atoms with van der Waals surface area (Å²) in [5, 5.41) is 0. The predicted octanol–water partition coefficient (Wildman–Crippen LogP) is 9.17. The van der Waals surface area contributed by atoms with Crippen LogP contribution in [0.15, 0.2) is 49.1 Å². The average Bonchev–Trinajstić information content (AvgIpc) is 3.32. The van der Waals surface area contributed by atoms with Crippen LogP contribution in [-0.2, 0) is 6.42 Å². The summed E-state index contributed by atoms with van der Waals surface area (Å²) in [4.78, 5) is 4.37. The van der Waals surface area contributed by atoms with Crippen LogP contribution in [0.4, 0.5) is 0 Å². The second-order valence-electron chi connectivity index (χ2n) is 9.49. The van der Waals surface area contributed by atoms with Gasteiger partial charge >= 0.3 is 0 Å². The normalized spacial score (nSPS) is 13.4. The molecule has 2 aromatic rings. The molecule has 0 aliphatic carbocycles. The van der Waals surface area contributed by atoms with Gasteiger partial charge in [-0.15, -0.1) is 0 Å². The quantitative estimate of drug-likeness (QED) is 0.205. The van der Waals surface area contributed by atoms with E-state index in [1.165, 1.54) is 108 Å². The molecule has 0 N–H and O–H groups in total. The van der Waals surface area contributed by atoms with Gasteiger partial charge in [-0.25, -0.2) is 4.98 Å². The van der Waals surface area contributed by atoms with Gasteiger partial charge in [0.25, 0.3) is 0 Å². The van der Waals surface area contributed by atoms with Crippen LogP contribution < -0.4 is 0 Å². The second kappa shape index (κ2) is 17.0. The van der Waals surface area contributed by atoms with Gasteiger partial charge in [-0.1, -0.05) is 128 Å².